The topological polar surface area (TPSA) is 56.0 Å². The molecular weight excluding hydrogens is 168 g/mol. The van der Waals surface area contributed by atoms with Crippen molar-refractivity contribution < 1.29 is 4.92 Å². The van der Waals surface area contributed by atoms with Crippen LogP contribution in [0.25, 0.3) is 0 Å². The second-order valence-electron chi connectivity index (χ2n) is 2.02. The van der Waals surface area contributed by atoms with Crippen LogP contribution in [0, 0.1) is 17.0 Å². The van der Waals surface area contributed by atoms with Crippen molar-refractivity contribution >= 4 is 17.4 Å². The molecule has 0 N–H and O–H groups in total. The number of halogens is 1. The third-order valence-electron chi connectivity index (χ3n) is 1.24. The van der Waals surface area contributed by atoms with E-state index in [-0.39, 0.29) is 10.8 Å². The number of nitro groups is 1. The monoisotopic (exact) mass is 172 g/mol. The van der Waals surface area contributed by atoms with Crippen molar-refractivity contribution in [3.8, 4) is 0 Å². The zero-order chi connectivity index (χ0) is 8.43. The van der Waals surface area contributed by atoms with Crippen LogP contribution in [0.15, 0.2) is 12.3 Å². The normalized spacial score (nSPS) is 9.64. The van der Waals surface area contributed by atoms with E-state index in [4.69, 9.17) is 11.6 Å². The smallest absolute Gasteiger partial charge is 0.358 e. The Bertz CT molecular complexity index is 301. The maximum atomic E-state index is 10.2. The molecule has 0 aromatic carbocycles. The van der Waals surface area contributed by atoms with Gasteiger partial charge in [-0.25, -0.2) is 0 Å². The first-order valence-corrected chi connectivity index (χ1v) is 3.26. The third-order valence-corrected chi connectivity index (χ3v) is 1.70. The molecule has 0 saturated heterocycles. The van der Waals surface area contributed by atoms with Gasteiger partial charge in [-0.2, -0.15) is 0 Å². The van der Waals surface area contributed by atoms with Crippen LogP contribution >= 0.6 is 11.6 Å². The first-order valence-electron chi connectivity index (χ1n) is 2.88. The van der Waals surface area contributed by atoms with E-state index in [9.17, 15) is 10.1 Å². The van der Waals surface area contributed by atoms with E-state index in [2.05, 4.69) is 4.98 Å². The SMILES string of the molecule is Cc1ccnc([N+](=O)[O-])c1Cl. The van der Waals surface area contributed by atoms with E-state index in [1.165, 1.54) is 6.20 Å². The Morgan fingerprint density at radius 1 is 1.73 bits per heavy atom. The minimum Gasteiger partial charge on any atom is -0.358 e. The number of nitrogens with zero attached hydrogens (tertiary/aromatic N) is 2. The molecule has 0 fully saturated rings. The summed E-state index contributed by atoms with van der Waals surface area (Å²) in [5, 5.41) is 10.3. The summed E-state index contributed by atoms with van der Waals surface area (Å²) in [6.07, 6.45) is 1.36. The van der Waals surface area contributed by atoms with Gasteiger partial charge in [0, 0.05) is 0 Å². The fourth-order valence-electron chi connectivity index (χ4n) is 0.653. The summed E-state index contributed by atoms with van der Waals surface area (Å²) in [7, 11) is 0. The van der Waals surface area contributed by atoms with Crippen LogP contribution in [0.2, 0.25) is 5.02 Å². The second-order valence-corrected chi connectivity index (χ2v) is 2.40. The molecule has 1 rings (SSSR count). The lowest BCUT2D eigenvalue weighted by molar-refractivity contribution is -0.389. The second kappa shape index (κ2) is 2.84. The number of pyridine rings is 1. The first-order chi connectivity index (χ1) is 5.13. The highest BCUT2D eigenvalue weighted by Gasteiger charge is 2.13. The van der Waals surface area contributed by atoms with E-state index in [0.29, 0.717) is 5.56 Å². The van der Waals surface area contributed by atoms with Gasteiger partial charge in [0.25, 0.3) is 0 Å². The maximum Gasteiger partial charge on any atom is 0.382 e. The van der Waals surface area contributed by atoms with Gasteiger partial charge in [-0.05, 0) is 28.5 Å². The number of hydrogen-bond donors (Lipinski definition) is 0. The standard InChI is InChI=1S/C6H5ClN2O2/c1-4-2-3-8-6(5(4)7)9(10)11/h2-3H,1H3. The molecule has 11 heavy (non-hydrogen) atoms. The molecule has 0 spiro atoms. The van der Waals surface area contributed by atoms with Crippen LogP contribution in [0.5, 0.6) is 0 Å². The van der Waals surface area contributed by atoms with Gasteiger partial charge in [-0.1, -0.05) is 11.6 Å². The lowest BCUT2D eigenvalue weighted by Crippen LogP contribution is -1.93. The van der Waals surface area contributed by atoms with E-state index in [1.807, 2.05) is 0 Å². The highest BCUT2D eigenvalue weighted by molar-refractivity contribution is 6.33. The zero-order valence-electron chi connectivity index (χ0n) is 5.74. The summed E-state index contributed by atoms with van der Waals surface area (Å²) in [5.41, 5.74) is 0.661. The Kier molecular flexibility index (Phi) is 2.05. The average Bonchev–Trinajstić information content (AvgIpc) is 1.94. The van der Waals surface area contributed by atoms with Crippen LogP contribution in [-0.2, 0) is 0 Å². The minimum atomic E-state index is -0.602. The van der Waals surface area contributed by atoms with Crippen molar-refractivity contribution in [2.75, 3.05) is 0 Å². The Balaban J connectivity index is 3.27. The van der Waals surface area contributed by atoms with Crippen molar-refractivity contribution in [1.29, 1.82) is 0 Å². The Hall–Kier alpha value is -1.16. The summed E-state index contributed by atoms with van der Waals surface area (Å²) in [6, 6.07) is 1.62. The molecule has 5 heteroatoms. The van der Waals surface area contributed by atoms with Crippen LogP contribution < -0.4 is 0 Å². The van der Waals surface area contributed by atoms with Gasteiger partial charge in [0.2, 0.25) is 0 Å². The van der Waals surface area contributed by atoms with Crippen LogP contribution in [0.3, 0.4) is 0 Å². The van der Waals surface area contributed by atoms with Gasteiger partial charge in [0.15, 0.2) is 0 Å². The van der Waals surface area contributed by atoms with Crippen molar-refractivity contribution in [2.24, 2.45) is 0 Å². The van der Waals surface area contributed by atoms with Crippen molar-refractivity contribution in [2.45, 2.75) is 6.92 Å². The van der Waals surface area contributed by atoms with Crippen molar-refractivity contribution in [3.63, 3.8) is 0 Å². The molecule has 1 aromatic heterocycles. The molecular formula is C6H5ClN2O2. The molecule has 0 atom stereocenters. The molecule has 58 valence electrons. The van der Waals surface area contributed by atoms with Gasteiger partial charge < -0.3 is 10.1 Å². The molecule has 4 nitrogen and oxygen atoms in total. The van der Waals surface area contributed by atoms with Gasteiger partial charge in [0.1, 0.15) is 11.2 Å². The lowest BCUT2D eigenvalue weighted by Gasteiger charge is -1.95. The predicted octanol–water partition coefficient (Wildman–Crippen LogP) is 1.95. The Morgan fingerprint density at radius 3 is 2.82 bits per heavy atom. The van der Waals surface area contributed by atoms with Gasteiger partial charge in [-0.3, -0.25) is 0 Å². The Labute approximate surface area is 68.0 Å². The summed E-state index contributed by atoms with van der Waals surface area (Å²) < 4.78 is 0. The molecule has 0 saturated carbocycles. The van der Waals surface area contributed by atoms with Crippen LogP contribution in [0.1, 0.15) is 5.56 Å². The third kappa shape index (κ3) is 1.46. The lowest BCUT2D eigenvalue weighted by atomic mass is 10.3. The van der Waals surface area contributed by atoms with E-state index in [0.717, 1.165) is 0 Å². The number of rotatable bonds is 1. The molecule has 0 bridgehead atoms. The van der Waals surface area contributed by atoms with E-state index in [1.54, 1.807) is 13.0 Å². The minimum absolute atomic E-state index is 0.109. The molecule has 0 aliphatic rings. The molecule has 0 aliphatic carbocycles. The summed E-state index contributed by atoms with van der Waals surface area (Å²) in [4.78, 5) is 13.1. The van der Waals surface area contributed by atoms with E-state index < -0.39 is 4.92 Å². The highest BCUT2D eigenvalue weighted by Crippen LogP contribution is 2.23. The molecule has 0 amide bonds. The van der Waals surface area contributed by atoms with Crippen LogP contribution in [-0.4, -0.2) is 9.91 Å². The number of hydrogen-bond acceptors (Lipinski definition) is 3. The summed E-state index contributed by atoms with van der Waals surface area (Å²) >= 11 is 5.58. The van der Waals surface area contributed by atoms with Crippen LogP contribution in [0.4, 0.5) is 5.82 Å². The zero-order valence-corrected chi connectivity index (χ0v) is 6.50. The summed E-state index contributed by atoms with van der Waals surface area (Å²) in [6.45, 7) is 1.69. The molecule has 0 unspecified atom stereocenters. The molecule has 0 radical (unpaired) electrons. The molecule has 0 aliphatic heterocycles. The fraction of sp³-hybridized carbons (Fsp3) is 0.167. The largest absolute Gasteiger partial charge is 0.382 e. The number of aromatic nitrogens is 1. The highest BCUT2D eigenvalue weighted by atomic mass is 35.5. The fourth-order valence-corrected chi connectivity index (χ4v) is 0.834. The van der Waals surface area contributed by atoms with Crippen molar-refractivity contribution in [3.05, 3.63) is 33.0 Å². The predicted molar refractivity (Wildman–Crippen MR) is 40.6 cm³/mol. The Morgan fingerprint density at radius 2 is 2.36 bits per heavy atom. The number of aryl methyl sites for hydroxylation is 1. The van der Waals surface area contributed by atoms with Gasteiger partial charge >= 0.3 is 5.82 Å². The quantitative estimate of drug-likeness (QED) is 0.481. The maximum absolute atomic E-state index is 10.2. The van der Waals surface area contributed by atoms with Gasteiger partial charge in [-0.15, -0.1) is 0 Å². The molecule has 1 heterocycles. The first kappa shape index (κ1) is 7.94. The molecule has 1 aromatic rings. The van der Waals surface area contributed by atoms with Gasteiger partial charge in [0.05, 0.1) is 0 Å². The van der Waals surface area contributed by atoms with E-state index >= 15 is 0 Å². The van der Waals surface area contributed by atoms with Crippen molar-refractivity contribution in [1.82, 2.24) is 4.98 Å². The average molecular weight is 173 g/mol. The summed E-state index contributed by atoms with van der Waals surface area (Å²) in [5.74, 6) is -0.285.